The number of rotatable bonds is 13. The van der Waals surface area contributed by atoms with Crippen LogP contribution in [0, 0.1) is 17.8 Å². The lowest BCUT2D eigenvalue weighted by Gasteiger charge is -2.31. The van der Waals surface area contributed by atoms with Gasteiger partial charge in [-0.2, -0.15) is 0 Å². The van der Waals surface area contributed by atoms with Crippen molar-refractivity contribution in [1.82, 2.24) is 20.9 Å². The summed E-state index contributed by atoms with van der Waals surface area (Å²) in [6.45, 7) is 12.7. The fraction of sp³-hybridized carbons (Fsp3) is 0.688. The van der Waals surface area contributed by atoms with Crippen molar-refractivity contribution in [2.75, 3.05) is 26.7 Å². The van der Waals surface area contributed by atoms with E-state index in [4.69, 9.17) is 0 Å². The molecule has 0 bridgehead atoms. The highest BCUT2D eigenvalue weighted by atomic mass is 16.2. The minimum Gasteiger partial charge on any atom is -0.354 e. The number of carbonyl (C=O) groups is 2. The number of amides is 2. The number of hydrogen-bond acceptors (Lipinski definition) is 4. The fourth-order valence-corrected chi connectivity index (χ4v) is 5.94. The van der Waals surface area contributed by atoms with Gasteiger partial charge >= 0.3 is 0 Å². The third-order valence-electron chi connectivity index (χ3n) is 8.74. The first-order chi connectivity index (χ1) is 18.3. The van der Waals surface area contributed by atoms with Crippen LogP contribution in [-0.2, 0) is 9.59 Å². The molecule has 3 N–H and O–H groups in total. The minimum absolute atomic E-state index is 0.0263. The Morgan fingerprint density at radius 3 is 2.61 bits per heavy atom. The van der Waals surface area contributed by atoms with Gasteiger partial charge in [0.1, 0.15) is 6.04 Å². The quantitative estimate of drug-likeness (QED) is 0.300. The maximum absolute atomic E-state index is 14.0. The number of nitrogens with zero attached hydrogens (tertiary/aromatic N) is 1. The van der Waals surface area contributed by atoms with Crippen molar-refractivity contribution in [1.29, 1.82) is 0 Å². The van der Waals surface area contributed by atoms with Crippen molar-refractivity contribution in [3.8, 4) is 0 Å². The van der Waals surface area contributed by atoms with E-state index < -0.39 is 6.04 Å². The summed E-state index contributed by atoms with van der Waals surface area (Å²) in [5, 5.41) is 10.1. The lowest BCUT2D eigenvalue weighted by atomic mass is 9.86. The molecule has 0 aromatic rings. The summed E-state index contributed by atoms with van der Waals surface area (Å²) in [7, 11) is 1.92. The van der Waals surface area contributed by atoms with Crippen LogP contribution in [0.15, 0.2) is 48.1 Å². The van der Waals surface area contributed by atoms with Crippen LogP contribution in [-0.4, -0.2) is 61.5 Å². The summed E-state index contributed by atoms with van der Waals surface area (Å²) in [4.78, 5) is 29.4. The molecule has 2 aliphatic carbocycles. The largest absolute Gasteiger partial charge is 0.354 e. The summed E-state index contributed by atoms with van der Waals surface area (Å²) >= 11 is 0. The van der Waals surface area contributed by atoms with Crippen molar-refractivity contribution >= 4 is 11.8 Å². The number of hydrogen-bond donors (Lipinski definition) is 3. The van der Waals surface area contributed by atoms with Crippen molar-refractivity contribution in [3.63, 3.8) is 0 Å². The molecule has 4 atom stereocenters. The first-order valence-electron chi connectivity index (χ1n) is 15.0. The maximum Gasteiger partial charge on any atom is 0.242 e. The molecule has 0 radical (unpaired) electrons. The molecule has 0 aromatic carbocycles. The van der Waals surface area contributed by atoms with Gasteiger partial charge in [0.05, 0.1) is 0 Å². The van der Waals surface area contributed by atoms with E-state index in [1.807, 2.05) is 11.9 Å². The van der Waals surface area contributed by atoms with Crippen LogP contribution in [0.25, 0.3) is 0 Å². The van der Waals surface area contributed by atoms with E-state index in [1.165, 1.54) is 37.7 Å². The normalized spacial score (nSPS) is 23.7. The van der Waals surface area contributed by atoms with Gasteiger partial charge < -0.3 is 20.9 Å². The van der Waals surface area contributed by atoms with Crippen molar-refractivity contribution in [3.05, 3.63) is 48.1 Å². The molecule has 2 fully saturated rings. The van der Waals surface area contributed by atoms with Gasteiger partial charge in [-0.3, -0.25) is 9.59 Å². The molecule has 3 rings (SSSR count). The number of carbonyl (C=O) groups excluding carboxylic acids is 2. The molecule has 3 unspecified atom stereocenters. The van der Waals surface area contributed by atoms with Gasteiger partial charge in [0.2, 0.25) is 11.8 Å². The van der Waals surface area contributed by atoms with E-state index in [-0.39, 0.29) is 35.7 Å². The molecule has 38 heavy (non-hydrogen) atoms. The average molecular weight is 525 g/mol. The summed E-state index contributed by atoms with van der Waals surface area (Å²) < 4.78 is 0. The van der Waals surface area contributed by atoms with Crippen LogP contribution >= 0.6 is 0 Å². The van der Waals surface area contributed by atoms with E-state index >= 15 is 0 Å². The smallest absolute Gasteiger partial charge is 0.242 e. The predicted octanol–water partition coefficient (Wildman–Crippen LogP) is 4.90. The molecule has 212 valence electrons. The van der Waals surface area contributed by atoms with Crippen LogP contribution in [0.3, 0.4) is 0 Å². The van der Waals surface area contributed by atoms with Gasteiger partial charge in [0.15, 0.2) is 0 Å². The lowest BCUT2D eigenvalue weighted by Crippen LogP contribution is -2.49. The van der Waals surface area contributed by atoms with Gasteiger partial charge in [0.25, 0.3) is 0 Å². The Balaban J connectivity index is 1.67. The molecule has 1 heterocycles. The predicted molar refractivity (Wildman–Crippen MR) is 158 cm³/mol. The van der Waals surface area contributed by atoms with Crippen molar-refractivity contribution in [2.45, 2.75) is 96.7 Å². The highest BCUT2D eigenvalue weighted by Gasteiger charge is 2.42. The maximum atomic E-state index is 14.0. The standard InChI is InChI=1S/C32H52N4O2/c1-23(2)29(19-24(3)25(4)33-5)32(38)36-22-28(35-21-27-15-11-8-12-16-27)20-30(36)31(37)34-18-17-26-13-9-6-7-10-14-26/h6-7,9,13-14,23,25,27-30,33,35H,3,8,10-12,15-22H2,1-2,4-5H3,(H,34,37)/t25-,28?,29?,30?/m0/s1. The molecule has 6 nitrogen and oxygen atoms in total. The van der Waals surface area contributed by atoms with Crippen LogP contribution < -0.4 is 16.0 Å². The molecule has 0 spiro atoms. The minimum atomic E-state index is -0.428. The first-order valence-corrected chi connectivity index (χ1v) is 15.0. The average Bonchev–Trinajstić information content (AvgIpc) is 3.18. The first kappa shape index (κ1) is 30.4. The van der Waals surface area contributed by atoms with Crippen LogP contribution in [0.4, 0.5) is 0 Å². The summed E-state index contributed by atoms with van der Waals surface area (Å²) in [5.41, 5.74) is 2.27. The van der Waals surface area contributed by atoms with Crippen LogP contribution in [0.1, 0.15) is 78.6 Å². The van der Waals surface area contributed by atoms with E-state index in [9.17, 15) is 9.59 Å². The molecular formula is C32H52N4O2. The van der Waals surface area contributed by atoms with Crippen LogP contribution in [0.5, 0.6) is 0 Å². The molecular weight excluding hydrogens is 472 g/mol. The molecule has 0 aromatic heterocycles. The number of nitrogens with one attached hydrogen (secondary N) is 3. The van der Waals surface area contributed by atoms with Gasteiger partial charge in [0, 0.05) is 31.1 Å². The molecule has 1 saturated heterocycles. The second-order valence-electron chi connectivity index (χ2n) is 11.9. The topological polar surface area (TPSA) is 73.5 Å². The molecule has 2 amide bonds. The summed E-state index contributed by atoms with van der Waals surface area (Å²) in [5.74, 6) is 0.767. The van der Waals surface area contributed by atoms with E-state index in [1.54, 1.807) is 0 Å². The fourth-order valence-electron chi connectivity index (χ4n) is 5.94. The highest BCUT2D eigenvalue weighted by Crippen LogP contribution is 2.29. The van der Waals surface area contributed by atoms with E-state index in [0.29, 0.717) is 31.8 Å². The Hall–Kier alpha value is -2.18. The zero-order chi connectivity index (χ0) is 27.5. The Morgan fingerprint density at radius 2 is 1.89 bits per heavy atom. The van der Waals surface area contributed by atoms with Gasteiger partial charge in [-0.1, -0.05) is 75.6 Å². The second-order valence-corrected chi connectivity index (χ2v) is 11.9. The van der Waals surface area contributed by atoms with Gasteiger partial charge in [-0.05, 0) is 76.5 Å². The van der Waals surface area contributed by atoms with Crippen molar-refractivity contribution in [2.24, 2.45) is 17.8 Å². The van der Waals surface area contributed by atoms with Crippen LogP contribution in [0.2, 0.25) is 0 Å². The zero-order valence-corrected chi connectivity index (χ0v) is 24.3. The third-order valence-corrected chi connectivity index (χ3v) is 8.74. The Labute approximate surface area is 231 Å². The molecule has 1 aliphatic heterocycles. The molecule has 6 heteroatoms. The van der Waals surface area contributed by atoms with Gasteiger partial charge in [-0.25, -0.2) is 0 Å². The summed E-state index contributed by atoms with van der Waals surface area (Å²) in [6, 6.07) is -0.125. The Kier molecular flexibility index (Phi) is 12.3. The SMILES string of the molecule is C=C(CC(C(=O)N1CC(NCC2CCCCC2)CC1C(=O)NCCC1=CCC=CC=C1)C(C)C)[C@H](C)NC. The third kappa shape index (κ3) is 8.94. The zero-order valence-electron chi connectivity index (χ0n) is 24.3. The Morgan fingerprint density at radius 1 is 1.13 bits per heavy atom. The Bertz CT molecular complexity index is 884. The highest BCUT2D eigenvalue weighted by molar-refractivity contribution is 5.89. The second kappa shape index (κ2) is 15.4. The molecule has 1 saturated carbocycles. The van der Waals surface area contributed by atoms with E-state index in [2.05, 4.69) is 73.7 Å². The lowest BCUT2D eigenvalue weighted by molar-refractivity contribution is -0.142. The van der Waals surface area contributed by atoms with Gasteiger partial charge in [-0.15, -0.1) is 0 Å². The van der Waals surface area contributed by atoms with Crippen molar-refractivity contribution < 1.29 is 9.59 Å². The molecule has 3 aliphatic rings. The number of allylic oxidation sites excluding steroid dienone is 5. The number of likely N-dealkylation sites (N-methyl/N-ethyl adjacent to an activating group) is 1. The number of likely N-dealkylation sites (tertiary alicyclic amines) is 1. The monoisotopic (exact) mass is 524 g/mol. The van der Waals surface area contributed by atoms with E-state index in [0.717, 1.165) is 25.0 Å². The summed E-state index contributed by atoms with van der Waals surface area (Å²) in [6.07, 6.45) is 20.1.